The monoisotopic (exact) mass is 322 g/mol. The van der Waals surface area contributed by atoms with Crippen molar-refractivity contribution in [3.8, 4) is 0 Å². The highest BCUT2D eigenvalue weighted by atomic mass is 19.2. The summed E-state index contributed by atoms with van der Waals surface area (Å²) in [4.78, 5) is 21.7. The lowest BCUT2D eigenvalue weighted by Crippen LogP contribution is -2.10. The Morgan fingerprint density at radius 2 is 1.78 bits per heavy atom. The van der Waals surface area contributed by atoms with E-state index in [1.807, 2.05) is 5.32 Å². The fraction of sp³-hybridized carbons (Fsp3) is 0. The first-order valence-corrected chi connectivity index (χ1v) is 6.25. The van der Waals surface area contributed by atoms with Crippen molar-refractivity contribution in [2.45, 2.75) is 0 Å². The van der Waals surface area contributed by atoms with Gasteiger partial charge in [0.1, 0.15) is 5.82 Å². The van der Waals surface area contributed by atoms with E-state index in [4.69, 9.17) is 0 Å². The molecule has 1 amide bonds. The van der Waals surface area contributed by atoms with Gasteiger partial charge in [0.15, 0.2) is 11.6 Å². The first-order chi connectivity index (χ1) is 10.9. The molecule has 0 radical (unpaired) electrons. The zero-order chi connectivity index (χ0) is 17.0. The molecule has 0 heterocycles. The van der Waals surface area contributed by atoms with Gasteiger partial charge >= 0.3 is 0 Å². The molecule has 0 spiro atoms. The van der Waals surface area contributed by atoms with E-state index in [9.17, 15) is 28.1 Å². The highest BCUT2D eigenvalue weighted by Crippen LogP contribution is 2.19. The molecule has 0 aliphatic carbocycles. The maximum atomic E-state index is 13.4. The van der Waals surface area contributed by atoms with E-state index in [1.54, 1.807) is 0 Å². The van der Waals surface area contributed by atoms with Crippen LogP contribution < -0.4 is 5.32 Å². The number of nitrogens with zero attached hydrogens (tertiary/aromatic N) is 1. The average Bonchev–Trinajstić information content (AvgIpc) is 2.51. The maximum Gasteiger partial charge on any atom is 0.270 e. The first-order valence-electron chi connectivity index (χ1n) is 6.25. The van der Waals surface area contributed by atoms with Crippen LogP contribution in [-0.2, 0) is 4.79 Å². The van der Waals surface area contributed by atoms with Crippen molar-refractivity contribution in [3.63, 3.8) is 0 Å². The highest BCUT2D eigenvalue weighted by Gasteiger charge is 2.11. The third-order valence-electron chi connectivity index (χ3n) is 2.78. The summed E-state index contributed by atoms with van der Waals surface area (Å²) in [5.41, 5.74) is -0.295. The number of halogens is 3. The van der Waals surface area contributed by atoms with Crippen LogP contribution in [-0.4, -0.2) is 10.8 Å². The highest BCUT2D eigenvalue weighted by molar-refractivity contribution is 6.02. The summed E-state index contributed by atoms with van der Waals surface area (Å²) in [5, 5.41) is 12.7. The largest absolute Gasteiger partial charge is 0.320 e. The van der Waals surface area contributed by atoms with Crippen LogP contribution in [0.2, 0.25) is 0 Å². The third kappa shape index (κ3) is 4.16. The molecule has 0 aliphatic heterocycles. The van der Waals surface area contributed by atoms with E-state index in [0.717, 1.165) is 6.08 Å². The molecule has 1 N–H and O–H groups in total. The van der Waals surface area contributed by atoms with E-state index in [2.05, 4.69) is 0 Å². The van der Waals surface area contributed by atoms with Crippen molar-refractivity contribution in [2.24, 2.45) is 0 Å². The van der Waals surface area contributed by atoms with Gasteiger partial charge in [-0.05, 0) is 11.6 Å². The number of nitro benzene ring substituents is 1. The fourth-order valence-corrected chi connectivity index (χ4v) is 1.71. The van der Waals surface area contributed by atoms with Gasteiger partial charge in [-0.15, -0.1) is 0 Å². The van der Waals surface area contributed by atoms with Gasteiger partial charge in [-0.1, -0.05) is 12.1 Å². The second-order valence-corrected chi connectivity index (χ2v) is 4.42. The standard InChI is InChI=1S/C15H9F3N2O3/c16-11-7-13(18)14(8-12(11)17)19-15(21)5-4-9-2-1-3-10(6-9)20(22)23/h1-8H,(H,19,21)/b5-4+. The number of carbonyl (C=O) groups is 1. The molecule has 0 saturated heterocycles. The van der Waals surface area contributed by atoms with Crippen molar-refractivity contribution >= 4 is 23.4 Å². The fourth-order valence-electron chi connectivity index (χ4n) is 1.71. The summed E-state index contributed by atoms with van der Waals surface area (Å²) in [6, 6.07) is 6.31. The number of amides is 1. The summed E-state index contributed by atoms with van der Waals surface area (Å²) in [6.45, 7) is 0. The number of anilines is 1. The Balaban J connectivity index is 2.12. The summed E-state index contributed by atoms with van der Waals surface area (Å²) in [6.07, 6.45) is 2.25. The molecule has 0 bridgehead atoms. The van der Waals surface area contributed by atoms with Crippen LogP contribution >= 0.6 is 0 Å². The van der Waals surface area contributed by atoms with Gasteiger partial charge in [-0.25, -0.2) is 13.2 Å². The van der Waals surface area contributed by atoms with Crippen molar-refractivity contribution < 1.29 is 22.9 Å². The van der Waals surface area contributed by atoms with Crippen LogP contribution in [0.3, 0.4) is 0 Å². The Morgan fingerprint density at radius 3 is 2.48 bits per heavy atom. The molecule has 0 saturated carbocycles. The minimum Gasteiger partial charge on any atom is -0.320 e. The topological polar surface area (TPSA) is 72.2 Å². The summed E-state index contributed by atoms with van der Waals surface area (Å²) in [7, 11) is 0. The van der Waals surface area contributed by atoms with Crippen LogP contribution in [0.15, 0.2) is 42.5 Å². The van der Waals surface area contributed by atoms with Crippen LogP contribution in [0.5, 0.6) is 0 Å². The molecule has 5 nitrogen and oxygen atoms in total. The predicted octanol–water partition coefficient (Wildman–Crippen LogP) is 3.66. The summed E-state index contributed by atoms with van der Waals surface area (Å²) in [5.74, 6) is -4.60. The molecule has 0 fully saturated rings. The van der Waals surface area contributed by atoms with Crippen molar-refractivity contribution in [3.05, 3.63) is 75.6 Å². The lowest BCUT2D eigenvalue weighted by molar-refractivity contribution is -0.384. The Kier molecular flexibility index (Phi) is 4.75. The minimum absolute atomic E-state index is 0.154. The number of non-ortho nitro benzene ring substituents is 1. The van der Waals surface area contributed by atoms with E-state index in [0.29, 0.717) is 17.7 Å². The third-order valence-corrected chi connectivity index (χ3v) is 2.78. The van der Waals surface area contributed by atoms with Crippen molar-refractivity contribution in [1.82, 2.24) is 0 Å². The molecule has 2 aromatic carbocycles. The van der Waals surface area contributed by atoms with Gasteiger partial charge in [0.25, 0.3) is 5.69 Å². The van der Waals surface area contributed by atoms with Crippen LogP contribution in [0.4, 0.5) is 24.5 Å². The molecule has 2 rings (SSSR count). The Hall–Kier alpha value is -3.16. The quantitative estimate of drug-likeness (QED) is 0.404. The molecule has 0 unspecified atom stereocenters. The Morgan fingerprint density at radius 1 is 1.09 bits per heavy atom. The predicted molar refractivity (Wildman–Crippen MR) is 77.1 cm³/mol. The molecule has 2 aromatic rings. The van der Waals surface area contributed by atoms with E-state index < -0.39 is 34.0 Å². The van der Waals surface area contributed by atoms with Gasteiger partial charge in [0.05, 0.1) is 10.6 Å². The molecular formula is C15H9F3N2O3. The second-order valence-electron chi connectivity index (χ2n) is 4.42. The smallest absolute Gasteiger partial charge is 0.270 e. The molecule has 0 atom stereocenters. The molecule has 118 valence electrons. The summed E-state index contributed by atoms with van der Waals surface area (Å²) < 4.78 is 39.2. The molecular weight excluding hydrogens is 313 g/mol. The number of carbonyl (C=O) groups excluding carboxylic acids is 1. The zero-order valence-electron chi connectivity index (χ0n) is 11.4. The number of hydrogen-bond acceptors (Lipinski definition) is 3. The Bertz CT molecular complexity index is 807. The van der Waals surface area contributed by atoms with Gasteiger partial charge < -0.3 is 5.32 Å². The molecule has 0 aromatic heterocycles. The van der Waals surface area contributed by atoms with Gasteiger partial charge in [0, 0.05) is 30.3 Å². The number of rotatable bonds is 4. The lowest BCUT2D eigenvalue weighted by Gasteiger charge is -2.04. The van der Waals surface area contributed by atoms with Crippen LogP contribution in [0.1, 0.15) is 5.56 Å². The molecule has 8 heteroatoms. The number of nitrogens with one attached hydrogen (secondary N) is 1. The average molecular weight is 322 g/mol. The van der Waals surface area contributed by atoms with Gasteiger partial charge in [-0.2, -0.15) is 0 Å². The van der Waals surface area contributed by atoms with Crippen molar-refractivity contribution in [1.29, 1.82) is 0 Å². The van der Waals surface area contributed by atoms with E-state index in [-0.39, 0.29) is 5.69 Å². The van der Waals surface area contributed by atoms with Crippen molar-refractivity contribution in [2.75, 3.05) is 5.32 Å². The SMILES string of the molecule is O=C(/C=C/c1cccc([N+](=O)[O-])c1)Nc1cc(F)c(F)cc1F. The van der Waals surface area contributed by atoms with Gasteiger partial charge in [0.2, 0.25) is 5.91 Å². The van der Waals surface area contributed by atoms with Crippen LogP contribution in [0.25, 0.3) is 6.08 Å². The van der Waals surface area contributed by atoms with Crippen LogP contribution in [0, 0.1) is 27.6 Å². The first kappa shape index (κ1) is 16.2. The Labute approximate surface area is 128 Å². The number of benzene rings is 2. The normalized spacial score (nSPS) is 10.7. The zero-order valence-corrected chi connectivity index (χ0v) is 11.4. The number of hydrogen-bond donors (Lipinski definition) is 1. The lowest BCUT2D eigenvalue weighted by atomic mass is 10.2. The summed E-state index contributed by atoms with van der Waals surface area (Å²) >= 11 is 0. The van der Waals surface area contributed by atoms with E-state index in [1.165, 1.54) is 30.3 Å². The molecule has 23 heavy (non-hydrogen) atoms. The van der Waals surface area contributed by atoms with Gasteiger partial charge in [-0.3, -0.25) is 14.9 Å². The van der Waals surface area contributed by atoms with E-state index >= 15 is 0 Å². The maximum absolute atomic E-state index is 13.4. The number of nitro groups is 1. The minimum atomic E-state index is -1.37. The second kappa shape index (κ2) is 6.73. The molecule has 0 aliphatic rings.